The average molecular weight is 256 g/mol. The second-order valence-electron chi connectivity index (χ2n) is 3.44. The number of amides is 3. The lowest BCUT2D eigenvalue weighted by atomic mass is 10.2. The summed E-state index contributed by atoms with van der Waals surface area (Å²) in [5, 5.41) is 8.00. The molecule has 0 aliphatic heterocycles. The van der Waals surface area contributed by atoms with Gasteiger partial charge in [0.1, 0.15) is 6.04 Å². The molecule has 0 heterocycles. The topological polar surface area (TPSA) is 70.2 Å². The summed E-state index contributed by atoms with van der Waals surface area (Å²) in [6, 6.07) is 5.93. The molecule has 0 aliphatic rings. The summed E-state index contributed by atoms with van der Waals surface area (Å²) >= 11 is 5.81. The molecular weight excluding hydrogens is 242 g/mol. The number of imide groups is 1. The van der Waals surface area contributed by atoms with E-state index in [1.54, 1.807) is 31.2 Å². The Morgan fingerprint density at radius 2 is 2.06 bits per heavy atom. The van der Waals surface area contributed by atoms with Crippen LogP contribution >= 0.6 is 11.6 Å². The number of rotatable bonds is 3. The number of hydrogen-bond acceptors (Lipinski definition) is 3. The predicted octanol–water partition coefficient (Wildman–Crippen LogP) is 1.60. The molecule has 0 saturated heterocycles. The quantitative estimate of drug-likeness (QED) is 0.768. The highest BCUT2D eigenvalue weighted by atomic mass is 35.5. The van der Waals surface area contributed by atoms with Crippen molar-refractivity contribution in [3.05, 3.63) is 29.3 Å². The van der Waals surface area contributed by atoms with Crippen LogP contribution in [0.25, 0.3) is 0 Å². The number of urea groups is 1. The number of nitrogens with one attached hydrogen (secondary N) is 3. The Bertz CT molecular complexity index is 423. The number of hydrogen-bond donors (Lipinski definition) is 3. The van der Waals surface area contributed by atoms with Crippen LogP contribution in [0.2, 0.25) is 5.02 Å². The lowest BCUT2D eigenvalue weighted by molar-refractivity contribution is -0.120. The zero-order valence-corrected chi connectivity index (χ0v) is 10.3. The zero-order valence-electron chi connectivity index (χ0n) is 9.58. The molecule has 1 aromatic carbocycles. The molecule has 3 N–H and O–H groups in total. The van der Waals surface area contributed by atoms with Gasteiger partial charge in [-0.3, -0.25) is 10.1 Å². The summed E-state index contributed by atoms with van der Waals surface area (Å²) in [6.45, 7) is 1.65. The summed E-state index contributed by atoms with van der Waals surface area (Å²) in [4.78, 5) is 22.5. The molecule has 92 valence electrons. The fourth-order valence-corrected chi connectivity index (χ4v) is 1.37. The van der Waals surface area contributed by atoms with E-state index in [1.165, 1.54) is 7.05 Å². The van der Waals surface area contributed by atoms with Crippen LogP contribution in [-0.4, -0.2) is 25.0 Å². The average Bonchev–Trinajstić information content (AvgIpc) is 2.28. The van der Waals surface area contributed by atoms with Crippen LogP contribution in [0.4, 0.5) is 10.5 Å². The molecule has 1 aromatic rings. The van der Waals surface area contributed by atoms with Crippen LogP contribution in [-0.2, 0) is 4.79 Å². The van der Waals surface area contributed by atoms with E-state index in [4.69, 9.17) is 11.6 Å². The van der Waals surface area contributed by atoms with E-state index < -0.39 is 18.0 Å². The van der Waals surface area contributed by atoms with Gasteiger partial charge in [-0.15, -0.1) is 0 Å². The maximum Gasteiger partial charge on any atom is 0.321 e. The van der Waals surface area contributed by atoms with Gasteiger partial charge in [0.05, 0.1) is 0 Å². The first-order valence-electron chi connectivity index (χ1n) is 5.07. The molecular formula is C11H14ClN3O2. The van der Waals surface area contributed by atoms with E-state index in [0.717, 1.165) is 5.69 Å². The lowest BCUT2D eigenvalue weighted by Crippen LogP contribution is -2.44. The number of carbonyl (C=O) groups is 2. The Morgan fingerprint density at radius 3 is 2.65 bits per heavy atom. The minimum absolute atomic E-state index is 0.413. The van der Waals surface area contributed by atoms with Crippen LogP contribution in [0.15, 0.2) is 24.3 Å². The van der Waals surface area contributed by atoms with Crippen molar-refractivity contribution in [1.82, 2.24) is 10.6 Å². The molecule has 0 radical (unpaired) electrons. The third kappa shape index (κ3) is 4.32. The summed E-state index contributed by atoms with van der Waals surface area (Å²) in [6.07, 6.45) is 0. The van der Waals surface area contributed by atoms with Crippen molar-refractivity contribution in [1.29, 1.82) is 0 Å². The van der Waals surface area contributed by atoms with Crippen molar-refractivity contribution in [3.63, 3.8) is 0 Å². The van der Waals surface area contributed by atoms with Crippen LogP contribution in [0.5, 0.6) is 0 Å². The van der Waals surface area contributed by atoms with E-state index in [9.17, 15) is 9.59 Å². The third-order valence-corrected chi connectivity index (χ3v) is 2.30. The van der Waals surface area contributed by atoms with Crippen LogP contribution < -0.4 is 16.0 Å². The van der Waals surface area contributed by atoms with Crippen molar-refractivity contribution >= 4 is 29.2 Å². The lowest BCUT2D eigenvalue weighted by Gasteiger charge is -2.14. The van der Waals surface area contributed by atoms with Gasteiger partial charge in [-0.1, -0.05) is 17.7 Å². The van der Waals surface area contributed by atoms with Crippen molar-refractivity contribution < 1.29 is 9.59 Å². The van der Waals surface area contributed by atoms with Crippen LogP contribution in [0.1, 0.15) is 6.92 Å². The number of carbonyl (C=O) groups excluding carboxylic acids is 2. The molecule has 0 bridgehead atoms. The molecule has 5 nitrogen and oxygen atoms in total. The smallest absolute Gasteiger partial charge is 0.321 e. The first-order chi connectivity index (χ1) is 8.02. The number of benzene rings is 1. The number of anilines is 1. The normalized spacial score (nSPS) is 11.5. The maximum atomic E-state index is 11.5. The van der Waals surface area contributed by atoms with Crippen molar-refractivity contribution in [2.24, 2.45) is 0 Å². The molecule has 1 unspecified atom stereocenters. The molecule has 6 heteroatoms. The van der Waals surface area contributed by atoms with Crippen LogP contribution in [0.3, 0.4) is 0 Å². The second-order valence-corrected chi connectivity index (χ2v) is 3.88. The molecule has 0 fully saturated rings. The minimum Gasteiger partial charge on any atom is -0.374 e. The van der Waals surface area contributed by atoms with E-state index in [1.807, 2.05) is 0 Å². The maximum absolute atomic E-state index is 11.5. The van der Waals surface area contributed by atoms with Gasteiger partial charge in [0.2, 0.25) is 5.91 Å². The van der Waals surface area contributed by atoms with Gasteiger partial charge in [0, 0.05) is 17.8 Å². The molecule has 0 saturated carbocycles. The minimum atomic E-state index is -0.536. The monoisotopic (exact) mass is 255 g/mol. The molecule has 0 aliphatic carbocycles. The molecule has 3 amide bonds. The fourth-order valence-electron chi connectivity index (χ4n) is 1.18. The zero-order chi connectivity index (χ0) is 12.8. The van der Waals surface area contributed by atoms with E-state index in [0.29, 0.717) is 5.02 Å². The highest BCUT2D eigenvalue weighted by Gasteiger charge is 2.14. The molecule has 0 spiro atoms. The SMILES string of the molecule is CNC(=O)NC(=O)C(C)Nc1cccc(Cl)c1. The highest BCUT2D eigenvalue weighted by molar-refractivity contribution is 6.30. The van der Waals surface area contributed by atoms with Gasteiger partial charge in [-0.05, 0) is 25.1 Å². The second kappa shape index (κ2) is 6.10. The van der Waals surface area contributed by atoms with Gasteiger partial charge in [0.25, 0.3) is 0 Å². The Kier molecular flexibility index (Phi) is 4.78. The fraction of sp³-hybridized carbons (Fsp3) is 0.273. The van der Waals surface area contributed by atoms with E-state index >= 15 is 0 Å². The van der Waals surface area contributed by atoms with Gasteiger partial charge >= 0.3 is 6.03 Å². The van der Waals surface area contributed by atoms with E-state index in [-0.39, 0.29) is 0 Å². The van der Waals surface area contributed by atoms with Gasteiger partial charge < -0.3 is 10.6 Å². The predicted molar refractivity (Wildman–Crippen MR) is 67.1 cm³/mol. The summed E-state index contributed by atoms with van der Waals surface area (Å²) in [5.41, 5.74) is 0.719. The van der Waals surface area contributed by atoms with Crippen LogP contribution in [0, 0.1) is 0 Å². The Labute approximate surface area is 105 Å². The van der Waals surface area contributed by atoms with Crippen molar-refractivity contribution in [2.75, 3.05) is 12.4 Å². The third-order valence-electron chi connectivity index (χ3n) is 2.06. The van der Waals surface area contributed by atoms with Gasteiger partial charge in [-0.2, -0.15) is 0 Å². The molecule has 0 aromatic heterocycles. The Balaban J connectivity index is 2.57. The summed E-state index contributed by atoms with van der Waals surface area (Å²) < 4.78 is 0. The molecule has 17 heavy (non-hydrogen) atoms. The summed E-state index contributed by atoms with van der Waals surface area (Å²) in [5.74, 6) is -0.413. The van der Waals surface area contributed by atoms with E-state index in [2.05, 4.69) is 16.0 Å². The first-order valence-corrected chi connectivity index (χ1v) is 5.45. The van der Waals surface area contributed by atoms with Gasteiger partial charge in [-0.25, -0.2) is 4.79 Å². The van der Waals surface area contributed by atoms with Gasteiger partial charge in [0.15, 0.2) is 0 Å². The summed E-state index contributed by atoms with van der Waals surface area (Å²) in [7, 11) is 1.44. The first kappa shape index (κ1) is 13.3. The Morgan fingerprint density at radius 1 is 1.35 bits per heavy atom. The molecule has 1 rings (SSSR count). The largest absolute Gasteiger partial charge is 0.374 e. The number of halogens is 1. The highest BCUT2D eigenvalue weighted by Crippen LogP contribution is 2.15. The Hall–Kier alpha value is -1.75. The van der Waals surface area contributed by atoms with Crippen molar-refractivity contribution in [3.8, 4) is 0 Å². The molecule has 1 atom stereocenters. The standard InChI is InChI=1S/C11H14ClN3O2/c1-7(10(16)15-11(17)13-2)14-9-5-3-4-8(12)6-9/h3-7,14H,1-2H3,(H2,13,15,16,17). The van der Waals surface area contributed by atoms with Crippen molar-refractivity contribution in [2.45, 2.75) is 13.0 Å².